The van der Waals surface area contributed by atoms with E-state index in [2.05, 4.69) is 48.8 Å². The number of nitrogens with one attached hydrogen (secondary N) is 3. The zero-order valence-corrected chi connectivity index (χ0v) is 31.3. The van der Waals surface area contributed by atoms with Gasteiger partial charge in [-0.15, -0.1) is 0 Å². The summed E-state index contributed by atoms with van der Waals surface area (Å²) in [5, 5.41) is 3.32. The summed E-state index contributed by atoms with van der Waals surface area (Å²) in [6, 6.07) is 0. The molecule has 0 spiro atoms. The van der Waals surface area contributed by atoms with Crippen molar-refractivity contribution in [3.8, 4) is 0 Å². The summed E-state index contributed by atoms with van der Waals surface area (Å²) >= 11 is 0. The van der Waals surface area contributed by atoms with E-state index in [0.29, 0.717) is 23.4 Å². The Labute approximate surface area is 267 Å². The molecule has 1 aliphatic heterocycles. The van der Waals surface area contributed by atoms with Crippen LogP contribution in [0.25, 0.3) is 0 Å². The van der Waals surface area contributed by atoms with Crippen molar-refractivity contribution in [2.24, 2.45) is 5.41 Å². The molecule has 10 nitrogen and oxygen atoms in total. The average Bonchev–Trinajstić information content (AvgIpc) is 3.24. The second kappa shape index (κ2) is 14.0. The smallest absolute Gasteiger partial charge is 0.422 e. The van der Waals surface area contributed by atoms with Gasteiger partial charge in [0.25, 0.3) is 0 Å². The number of carbonyl (C=O) groups excluding carboxylic acids is 2. The minimum Gasteiger partial charge on any atom is -0.443 e. The van der Waals surface area contributed by atoms with E-state index in [9.17, 15) is 18.0 Å². The molecule has 1 aromatic carbocycles. The van der Waals surface area contributed by atoms with Crippen molar-refractivity contribution in [2.75, 3.05) is 34.6 Å². The van der Waals surface area contributed by atoms with Crippen molar-refractivity contribution in [3.05, 3.63) is 16.7 Å². The van der Waals surface area contributed by atoms with E-state index in [1.807, 2.05) is 32.4 Å². The standard InChI is InChI=1S/C32H58N4O6SSi/c1-22-24-18-20-36(19-16-14-15-17-21-41-44(12,13)32(9,10)11)27(24)26(33-28(37)30(3,4)5)23(2)25(22)34-43(39,40)35-29(38)42-31(6,7)8/h34H,14-21H2,1-13H3,(H,33,37)(H,35,38). The van der Waals surface area contributed by atoms with Crippen LogP contribution in [0.5, 0.6) is 0 Å². The lowest BCUT2D eigenvalue weighted by atomic mass is 9.94. The number of nitrogens with zero attached hydrogens (tertiary/aromatic N) is 1. The number of fused-ring (bicyclic) bond motifs is 1. The van der Waals surface area contributed by atoms with Crippen molar-refractivity contribution in [2.45, 2.75) is 132 Å². The number of carbonyl (C=O) groups is 2. The molecule has 1 aromatic rings. The van der Waals surface area contributed by atoms with Gasteiger partial charge in [0.15, 0.2) is 8.32 Å². The minimum atomic E-state index is -4.31. The summed E-state index contributed by atoms with van der Waals surface area (Å²) < 4.78 is 41.9. The van der Waals surface area contributed by atoms with Gasteiger partial charge < -0.3 is 19.4 Å². The maximum atomic E-state index is 13.2. The topological polar surface area (TPSA) is 126 Å². The number of hydrogen-bond acceptors (Lipinski definition) is 7. The predicted octanol–water partition coefficient (Wildman–Crippen LogP) is 7.41. The summed E-state index contributed by atoms with van der Waals surface area (Å²) in [7, 11) is -6.04. The first-order valence-corrected chi connectivity index (χ1v) is 20.2. The average molecular weight is 655 g/mol. The van der Waals surface area contributed by atoms with Crippen LogP contribution in [0.4, 0.5) is 21.9 Å². The molecule has 44 heavy (non-hydrogen) atoms. The first kappa shape index (κ1) is 37.9. The van der Waals surface area contributed by atoms with Crippen LogP contribution in [0.15, 0.2) is 0 Å². The highest BCUT2D eigenvalue weighted by molar-refractivity contribution is 7.91. The maximum Gasteiger partial charge on any atom is 0.422 e. The zero-order chi connectivity index (χ0) is 33.9. The van der Waals surface area contributed by atoms with Crippen molar-refractivity contribution in [3.63, 3.8) is 0 Å². The van der Waals surface area contributed by atoms with E-state index in [-0.39, 0.29) is 10.9 Å². The molecule has 12 heteroatoms. The molecule has 3 N–H and O–H groups in total. The largest absolute Gasteiger partial charge is 0.443 e. The van der Waals surface area contributed by atoms with Gasteiger partial charge in [0, 0.05) is 25.1 Å². The lowest BCUT2D eigenvalue weighted by Crippen LogP contribution is -2.40. The van der Waals surface area contributed by atoms with Gasteiger partial charge in [0.05, 0.1) is 17.1 Å². The fourth-order valence-corrected chi connectivity index (χ4v) is 6.75. The second-order valence-electron chi connectivity index (χ2n) is 15.5. The highest BCUT2D eigenvalue weighted by Gasteiger charge is 2.37. The van der Waals surface area contributed by atoms with E-state index in [0.717, 1.165) is 62.2 Å². The molecule has 0 bridgehead atoms. The fourth-order valence-electron chi connectivity index (χ4n) is 4.78. The first-order valence-electron chi connectivity index (χ1n) is 15.8. The Kier molecular flexibility index (Phi) is 12.0. The van der Waals surface area contributed by atoms with Gasteiger partial charge in [0.1, 0.15) is 5.60 Å². The van der Waals surface area contributed by atoms with E-state index >= 15 is 0 Å². The van der Waals surface area contributed by atoms with Crippen LogP contribution < -0.4 is 19.7 Å². The van der Waals surface area contributed by atoms with Gasteiger partial charge in [0.2, 0.25) is 5.91 Å². The SMILES string of the molecule is Cc1c2c(c(NC(=O)C(C)(C)C)c(C)c1NS(=O)(=O)NC(=O)OC(C)(C)C)N(CCCCCCO[Si](C)(C)C(C)(C)C)CC2. The van der Waals surface area contributed by atoms with Gasteiger partial charge in [-0.1, -0.05) is 54.4 Å². The van der Waals surface area contributed by atoms with Gasteiger partial charge >= 0.3 is 16.3 Å². The van der Waals surface area contributed by atoms with Crippen LogP contribution in [-0.4, -0.2) is 54.0 Å². The van der Waals surface area contributed by atoms with Crippen LogP contribution >= 0.6 is 0 Å². The maximum absolute atomic E-state index is 13.2. The number of ether oxygens (including phenoxy) is 1. The number of hydrogen-bond donors (Lipinski definition) is 3. The highest BCUT2D eigenvalue weighted by atomic mass is 32.2. The summed E-state index contributed by atoms with van der Waals surface area (Å²) in [4.78, 5) is 27.7. The van der Waals surface area contributed by atoms with Crippen molar-refractivity contribution in [1.82, 2.24) is 4.72 Å². The molecule has 252 valence electrons. The van der Waals surface area contributed by atoms with Crippen molar-refractivity contribution < 1.29 is 27.2 Å². The van der Waals surface area contributed by atoms with Crippen LogP contribution in [-0.2, 0) is 30.6 Å². The fraction of sp³-hybridized carbons (Fsp3) is 0.750. The molecular formula is C32H58N4O6SSi. The second-order valence-corrected chi connectivity index (χ2v) is 21.7. The lowest BCUT2D eigenvalue weighted by molar-refractivity contribution is -0.123. The Balaban J connectivity index is 2.25. The number of amides is 2. The molecule has 0 fully saturated rings. The molecule has 0 saturated heterocycles. The Bertz CT molecular complexity index is 1310. The third kappa shape index (κ3) is 10.4. The van der Waals surface area contributed by atoms with Gasteiger partial charge in [-0.2, -0.15) is 8.42 Å². The molecule has 1 heterocycles. The summed E-state index contributed by atoms with van der Waals surface area (Å²) in [6.07, 6.45) is 3.84. The van der Waals surface area contributed by atoms with Crippen LogP contribution in [0.3, 0.4) is 0 Å². The Morgan fingerprint density at radius 1 is 0.886 bits per heavy atom. The monoisotopic (exact) mass is 654 g/mol. The van der Waals surface area contributed by atoms with E-state index < -0.39 is 35.6 Å². The van der Waals surface area contributed by atoms with Gasteiger partial charge in [-0.05, 0) is 88.7 Å². The van der Waals surface area contributed by atoms with Crippen LogP contribution in [0.2, 0.25) is 18.1 Å². The Morgan fingerprint density at radius 2 is 1.48 bits per heavy atom. The molecule has 0 aliphatic carbocycles. The third-order valence-corrected chi connectivity index (χ3v) is 13.9. The Morgan fingerprint density at radius 3 is 2.02 bits per heavy atom. The Hall–Kier alpha value is -2.31. The van der Waals surface area contributed by atoms with Crippen LogP contribution in [0, 0.1) is 19.3 Å². The van der Waals surface area contributed by atoms with Gasteiger partial charge in [-0.25, -0.2) is 9.52 Å². The molecule has 1 aliphatic rings. The summed E-state index contributed by atoms with van der Waals surface area (Å²) in [5.74, 6) is -0.166. The summed E-state index contributed by atoms with van der Waals surface area (Å²) in [6.45, 7) is 27.9. The van der Waals surface area contributed by atoms with E-state index in [1.165, 1.54) is 0 Å². The number of anilines is 3. The third-order valence-electron chi connectivity index (χ3n) is 8.41. The number of unbranched alkanes of at least 4 members (excludes halogenated alkanes) is 3. The first-order chi connectivity index (χ1) is 19.9. The van der Waals surface area contributed by atoms with E-state index in [1.54, 1.807) is 27.7 Å². The van der Waals surface area contributed by atoms with Gasteiger partial charge in [-0.3, -0.25) is 9.52 Å². The summed E-state index contributed by atoms with van der Waals surface area (Å²) in [5.41, 5.74) is 2.71. The number of benzene rings is 1. The molecule has 0 aromatic heterocycles. The predicted molar refractivity (Wildman–Crippen MR) is 183 cm³/mol. The molecule has 0 unspecified atom stereocenters. The zero-order valence-electron chi connectivity index (χ0n) is 29.5. The molecule has 2 rings (SSSR count). The quantitative estimate of drug-likeness (QED) is 0.158. The van der Waals surface area contributed by atoms with Crippen molar-refractivity contribution in [1.29, 1.82) is 0 Å². The molecule has 0 radical (unpaired) electrons. The molecule has 0 atom stereocenters. The lowest BCUT2D eigenvalue weighted by Gasteiger charge is -2.36. The molecule has 2 amide bonds. The van der Waals surface area contributed by atoms with E-state index in [4.69, 9.17) is 9.16 Å². The normalized spacial score (nSPS) is 14.3. The highest BCUT2D eigenvalue weighted by Crippen LogP contribution is 2.45. The van der Waals surface area contributed by atoms with Crippen molar-refractivity contribution >= 4 is 47.6 Å². The molecular weight excluding hydrogens is 597 g/mol. The van der Waals surface area contributed by atoms with Crippen LogP contribution in [0.1, 0.15) is 105 Å². The molecule has 0 saturated carbocycles. The number of rotatable bonds is 12. The minimum absolute atomic E-state index is 0.166.